The van der Waals surface area contributed by atoms with Crippen molar-refractivity contribution in [3.05, 3.63) is 24.3 Å². The molecule has 0 bridgehead atoms. The summed E-state index contributed by atoms with van der Waals surface area (Å²) in [5.74, 6) is -0.535. The molecule has 1 aromatic rings. The van der Waals surface area contributed by atoms with Crippen LogP contribution in [0.5, 0.6) is 0 Å². The molecule has 1 rings (SSSR count). The summed E-state index contributed by atoms with van der Waals surface area (Å²) in [7, 11) is -2.51. The normalized spacial score (nSPS) is 11.0. The third kappa shape index (κ3) is 2.18. The molecule has 0 atom stereocenters. The number of sulfonamides is 1. The zero-order chi connectivity index (χ0) is 11.6. The highest BCUT2D eigenvalue weighted by Crippen LogP contribution is 2.15. The van der Waals surface area contributed by atoms with Crippen LogP contribution in [0.1, 0.15) is 0 Å². The molecular formula is C8H12N4O2S. The van der Waals surface area contributed by atoms with E-state index in [0.717, 1.165) is 0 Å². The summed E-state index contributed by atoms with van der Waals surface area (Å²) in [6, 6.07) is 5.68. The SMILES string of the molecule is CN(C(=N)N)S(=O)(=O)c1ccc(N)cc1. The van der Waals surface area contributed by atoms with Crippen molar-refractivity contribution in [2.75, 3.05) is 12.8 Å². The van der Waals surface area contributed by atoms with E-state index in [9.17, 15) is 8.42 Å². The smallest absolute Gasteiger partial charge is 0.266 e. The van der Waals surface area contributed by atoms with Gasteiger partial charge in [-0.2, -0.15) is 0 Å². The zero-order valence-corrected chi connectivity index (χ0v) is 8.95. The van der Waals surface area contributed by atoms with Gasteiger partial charge in [0.05, 0.1) is 4.90 Å². The molecular weight excluding hydrogens is 216 g/mol. The first-order valence-electron chi connectivity index (χ1n) is 4.04. The van der Waals surface area contributed by atoms with E-state index in [0.29, 0.717) is 9.99 Å². The second-order valence-corrected chi connectivity index (χ2v) is 4.90. The van der Waals surface area contributed by atoms with Gasteiger partial charge in [0.1, 0.15) is 0 Å². The molecule has 0 heterocycles. The Balaban J connectivity index is 3.17. The summed E-state index contributed by atoms with van der Waals surface area (Å²) < 4.78 is 24.2. The van der Waals surface area contributed by atoms with Gasteiger partial charge in [0.25, 0.3) is 10.0 Å². The fourth-order valence-electron chi connectivity index (χ4n) is 0.927. The van der Waals surface area contributed by atoms with Gasteiger partial charge in [-0.25, -0.2) is 12.7 Å². The van der Waals surface area contributed by atoms with Crippen LogP contribution in [-0.2, 0) is 10.0 Å². The van der Waals surface area contributed by atoms with Gasteiger partial charge >= 0.3 is 0 Å². The van der Waals surface area contributed by atoms with Crippen LogP contribution >= 0.6 is 0 Å². The van der Waals surface area contributed by atoms with Crippen molar-refractivity contribution in [3.63, 3.8) is 0 Å². The maximum Gasteiger partial charge on any atom is 0.266 e. The Morgan fingerprint density at radius 3 is 2.20 bits per heavy atom. The second kappa shape index (κ2) is 3.77. The Kier molecular flexibility index (Phi) is 2.85. The van der Waals surface area contributed by atoms with Gasteiger partial charge in [0, 0.05) is 12.7 Å². The minimum atomic E-state index is -3.73. The number of hydrogen-bond donors (Lipinski definition) is 3. The lowest BCUT2D eigenvalue weighted by atomic mass is 10.3. The summed E-state index contributed by atoms with van der Waals surface area (Å²) in [6.07, 6.45) is 0. The molecule has 0 spiro atoms. The molecule has 7 heteroatoms. The third-order valence-electron chi connectivity index (χ3n) is 1.88. The van der Waals surface area contributed by atoms with Gasteiger partial charge in [0.2, 0.25) is 5.96 Å². The summed E-state index contributed by atoms with van der Waals surface area (Å²) in [4.78, 5) is 0.0504. The average Bonchev–Trinajstić information content (AvgIpc) is 2.17. The predicted octanol–water partition coefficient (Wildman–Crippen LogP) is -0.217. The van der Waals surface area contributed by atoms with Crippen molar-refractivity contribution in [2.45, 2.75) is 4.90 Å². The number of nitrogens with zero attached hydrogens (tertiary/aromatic N) is 1. The van der Waals surface area contributed by atoms with Gasteiger partial charge in [0.15, 0.2) is 0 Å². The molecule has 0 saturated carbocycles. The zero-order valence-electron chi connectivity index (χ0n) is 8.14. The summed E-state index contributed by atoms with van der Waals surface area (Å²) in [5, 5.41) is 7.05. The molecule has 0 radical (unpaired) electrons. The molecule has 0 amide bonds. The molecule has 6 nitrogen and oxygen atoms in total. The second-order valence-electron chi connectivity index (χ2n) is 2.93. The Labute approximate surface area is 88.0 Å². The van der Waals surface area contributed by atoms with E-state index in [1.54, 1.807) is 0 Å². The lowest BCUT2D eigenvalue weighted by Gasteiger charge is -2.16. The first kappa shape index (κ1) is 11.3. The third-order valence-corrected chi connectivity index (χ3v) is 3.66. The van der Waals surface area contributed by atoms with Crippen LogP contribution in [0.3, 0.4) is 0 Å². The maximum atomic E-state index is 11.7. The van der Waals surface area contributed by atoms with Crippen molar-refractivity contribution in [3.8, 4) is 0 Å². The van der Waals surface area contributed by atoms with Crippen molar-refractivity contribution in [1.82, 2.24) is 4.31 Å². The molecule has 15 heavy (non-hydrogen) atoms. The van der Waals surface area contributed by atoms with E-state index in [4.69, 9.17) is 16.9 Å². The minimum absolute atomic E-state index is 0.0504. The number of nitrogens with one attached hydrogen (secondary N) is 1. The van der Waals surface area contributed by atoms with Crippen LogP contribution in [0.25, 0.3) is 0 Å². The van der Waals surface area contributed by atoms with Gasteiger partial charge in [-0.05, 0) is 24.3 Å². The maximum absolute atomic E-state index is 11.7. The highest BCUT2D eigenvalue weighted by Gasteiger charge is 2.21. The first-order valence-corrected chi connectivity index (χ1v) is 5.48. The van der Waals surface area contributed by atoms with Crippen molar-refractivity contribution in [2.24, 2.45) is 5.73 Å². The van der Waals surface area contributed by atoms with Crippen molar-refractivity contribution >= 4 is 21.7 Å². The molecule has 5 N–H and O–H groups in total. The molecule has 0 saturated heterocycles. The predicted molar refractivity (Wildman–Crippen MR) is 57.7 cm³/mol. The lowest BCUT2D eigenvalue weighted by molar-refractivity contribution is 0.550. The van der Waals surface area contributed by atoms with E-state index >= 15 is 0 Å². The van der Waals surface area contributed by atoms with Gasteiger partial charge in [-0.3, -0.25) is 5.41 Å². The first-order chi connectivity index (χ1) is 6.85. The van der Waals surface area contributed by atoms with Crippen LogP contribution < -0.4 is 11.5 Å². The standard InChI is InChI=1S/C8H12N4O2S/c1-12(8(10)11)15(13,14)7-4-2-6(9)3-5-7/h2-5H,9H2,1H3,(H3,10,11). The van der Waals surface area contributed by atoms with E-state index in [1.807, 2.05) is 0 Å². The number of guanidine groups is 1. The summed E-state index contributed by atoms with van der Waals surface area (Å²) in [5.41, 5.74) is 11.0. The molecule has 0 aliphatic heterocycles. The number of nitrogen functional groups attached to an aromatic ring is 1. The number of rotatable bonds is 2. The molecule has 0 fully saturated rings. The largest absolute Gasteiger partial charge is 0.399 e. The van der Waals surface area contributed by atoms with Crippen molar-refractivity contribution < 1.29 is 8.42 Å². The monoisotopic (exact) mass is 228 g/mol. The average molecular weight is 228 g/mol. The van der Waals surface area contributed by atoms with Crippen LogP contribution in [0.4, 0.5) is 5.69 Å². The summed E-state index contributed by atoms with van der Waals surface area (Å²) >= 11 is 0. The fourth-order valence-corrected chi connectivity index (χ4v) is 1.98. The van der Waals surface area contributed by atoms with Crippen LogP contribution in [0, 0.1) is 5.41 Å². The van der Waals surface area contributed by atoms with Crippen LogP contribution in [0.15, 0.2) is 29.2 Å². The molecule has 0 aliphatic rings. The topological polar surface area (TPSA) is 113 Å². The Hall–Kier alpha value is -1.76. The fraction of sp³-hybridized carbons (Fsp3) is 0.125. The molecule has 0 aromatic heterocycles. The van der Waals surface area contributed by atoms with E-state index in [-0.39, 0.29) is 4.90 Å². The summed E-state index contributed by atoms with van der Waals surface area (Å²) in [6.45, 7) is 0. The molecule has 0 aliphatic carbocycles. The lowest BCUT2D eigenvalue weighted by Crippen LogP contribution is -2.37. The Morgan fingerprint density at radius 2 is 1.80 bits per heavy atom. The highest BCUT2D eigenvalue weighted by atomic mass is 32.2. The van der Waals surface area contributed by atoms with Gasteiger partial charge in [-0.1, -0.05) is 0 Å². The van der Waals surface area contributed by atoms with Crippen LogP contribution in [0.2, 0.25) is 0 Å². The Bertz CT molecular complexity index is 466. The molecule has 82 valence electrons. The quantitative estimate of drug-likeness (QED) is 0.369. The number of nitrogens with two attached hydrogens (primary N) is 2. The van der Waals surface area contributed by atoms with Gasteiger partial charge < -0.3 is 11.5 Å². The van der Waals surface area contributed by atoms with E-state index in [1.165, 1.54) is 31.3 Å². The van der Waals surface area contributed by atoms with E-state index < -0.39 is 16.0 Å². The Morgan fingerprint density at radius 1 is 1.33 bits per heavy atom. The molecule has 0 unspecified atom stereocenters. The highest BCUT2D eigenvalue weighted by molar-refractivity contribution is 7.89. The number of benzene rings is 1. The van der Waals surface area contributed by atoms with Crippen molar-refractivity contribution in [1.29, 1.82) is 5.41 Å². The van der Waals surface area contributed by atoms with Crippen LogP contribution in [-0.4, -0.2) is 25.7 Å². The molecule has 1 aromatic carbocycles. The number of hydrogen-bond acceptors (Lipinski definition) is 4. The minimum Gasteiger partial charge on any atom is -0.399 e. The number of anilines is 1. The van der Waals surface area contributed by atoms with Gasteiger partial charge in [-0.15, -0.1) is 0 Å². The van der Waals surface area contributed by atoms with E-state index in [2.05, 4.69) is 0 Å².